The Hall–Kier alpha value is -1.76. The van der Waals surface area contributed by atoms with Crippen LogP contribution in [-0.4, -0.2) is 7.85 Å². The fourth-order valence-corrected chi connectivity index (χ4v) is 1.92. The highest BCUT2D eigenvalue weighted by atomic mass is 14.0. The van der Waals surface area contributed by atoms with E-state index in [1.165, 1.54) is 27.7 Å². The summed E-state index contributed by atoms with van der Waals surface area (Å²) >= 11 is 0. The van der Waals surface area contributed by atoms with E-state index in [0.717, 1.165) is 0 Å². The van der Waals surface area contributed by atoms with E-state index >= 15 is 0 Å². The Kier molecular flexibility index (Phi) is 3.48. The highest BCUT2D eigenvalue weighted by Crippen LogP contribution is 2.10. The van der Waals surface area contributed by atoms with Crippen LogP contribution in [0.15, 0.2) is 42.5 Å². The van der Waals surface area contributed by atoms with Crippen molar-refractivity contribution in [3.05, 3.63) is 64.7 Å². The van der Waals surface area contributed by atoms with Crippen LogP contribution in [0.25, 0.3) is 12.2 Å². The molecule has 0 fully saturated rings. The molecule has 0 heterocycles. The van der Waals surface area contributed by atoms with Crippen LogP contribution >= 0.6 is 0 Å². The van der Waals surface area contributed by atoms with E-state index in [0.29, 0.717) is 0 Å². The molecule has 0 aromatic heterocycles. The summed E-state index contributed by atoms with van der Waals surface area (Å²) in [5.41, 5.74) is 6.62. The maximum absolute atomic E-state index is 2.24. The van der Waals surface area contributed by atoms with E-state index in [4.69, 9.17) is 0 Å². The molecule has 0 nitrogen and oxygen atoms in total. The predicted molar refractivity (Wildman–Crippen MR) is 79.5 cm³/mol. The minimum Gasteiger partial charge on any atom is -0.0832 e. The van der Waals surface area contributed by atoms with E-state index in [-0.39, 0.29) is 0 Å². The monoisotopic (exact) mass is 220 g/mol. The Labute approximate surface area is 104 Å². The lowest BCUT2D eigenvalue weighted by atomic mass is 9.85. The first kappa shape index (κ1) is 11.7. The van der Waals surface area contributed by atoms with Crippen LogP contribution < -0.4 is 5.46 Å². The van der Waals surface area contributed by atoms with Crippen LogP contribution in [0.4, 0.5) is 0 Å². The molecule has 0 aliphatic carbocycles. The van der Waals surface area contributed by atoms with Gasteiger partial charge in [0.05, 0.1) is 0 Å². The van der Waals surface area contributed by atoms with Gasteiger partial charge in [-0.05, 0) is 25.0 Å². The second-order valence-corrected chi connectivity index (χ2v) is 4.52. The zero-order chi connectivity index (χ0) is 12.3. The van der Waals surface area contributed by atoms with E-state index in [1.807, 2.05) is 6.07 Å². The van der Waals surface area contributed by atoms with E-state index < -0.39 is 0 Å². The van der Waals surface area contributed by atoms with Crippen molar-refractivity contribution in [2.75, 3.05) is 0 Å². The fourth-order valence-electron chi connectivity index (χ4n) is 1.92. The maximum Gasteiger partial charge on any atom is 0.139 e. The van der Waals surface area contributed by atoms with Crippen LogP contribution in [-0.2, 0) is 0 Å². The predicted octanol–water partition coefficient (Wildman–Crippen LogP) is 2.73. The largest absolute Gasteiger partial charge is 0.139 e. The van der Waals surface area contributed by atoms with Gasteiger partial charge in [0.1, 0.15) is 7.85 Å². The molecule has 17 heavy (non-hydrogen) atoms. The number of benzene rings is 2. The second-order valence-electron chi connectivity index (χ2n) is 4.52. The van der Waals surface area contributed by atoms with Crippen LogP contribution in [0.2, 0.25) is 0 Å². The normalized spacial score (nSPS) is 10.9. The van der Waals surface area contributed by atoms with Crippen LogP contribution in [0, 0.1) is 13.8 Å². The molecular weight excluding hydrogens is 203 g/mol. The van der Waals surface area contributed by atoms with Gasteiger partial charge in [0.2, 0.25) is 0 Å². The van der Waals surface area contributed by atoms with Crippen molar-refractivity contribution in [1.82, 2.24) is 0 Å². The average Bonchev–Trinajstić information content (AvgIpc) is 2.34. The molecule has 0 radical (unpaired) electrons. The lowest BCUT2D eigenvalue weighted by Gasteiger charge is -2.06. The van der Waals surface area contributed by atoms with Crippen LogP contribution in [0.5, 0.6) is 0 Å². The third kappa shape index (κ3) is 2.88. The van der Waals surface area contributed by atoms with Crippen LogP contribution in [0.3, 0.4) is 0 Å². The Bertz CT molecular complexity index is 516. The van der Waals surface area contributed by atoms with Crippen molar-refractivity contribution < 1.29 is 0 Å². The molecule has 0 spiro atoms. The summed E-state index contributed by atoms with van der Waals surface area (Å²) in [5, 5.41) is 0. The van der Waals surface area contributed by atoms with Crippen molar-refractivity contribution in [3.63, 3.8) is 0 Å². The van der Waals surface area contributed by atoms with Gasteiger partial charge in [-0.15, -0.1) is 0 Å². The lowest BCUT2D eigenvalue weighted by Crippen LogP contribution is -2.11. The Balaban J connectivity index is 2.28. The zero-order valence-electron chi connectivity index (χ0n) is 10.7. The Morgan fingerprint density at radius 3 is 1.94 bits per heavy atom. The van der Waals surface area contributed by atoms with E-state index in [1.54, 1.807) is 0 Å². The summed E-state index contributed by atoms with van der Waals surface area (Å²) in [6, 6.07) is 14.9. The molecule has 2 rings (SSSR count). The molecule has 0 amide bonds. The number of aryl methyl sites for hydroxylation is 2. The molecule has 84 valence electrons. The lowest BCUT2D eigenvalue weighted by molar-refractivity contribution is 1.42. The van der Waals surface area contributed by atoms with E-state index in [9.17, 15) is 0 Å². The quantitative estimate of drug-likeness (QED) is 0.539. The summed E-state index contributed by atoms with van der Waals surface area (Å²) in [7, 11) is 2.18. The number of rotatable bonds is 2. The van der Waals surface area contributed by atoms with Gasteiger partial charge >= 0.3 is 0 Å². The molecule has 0 unspecified atom stereocenters. The van der Waals surface area contributed by atoms with Crippen molar-refractivity contribution in [1.29, 1.82) is 0 Å². The molecule has 0 aliphatic heterocycles. The molecule has 2 aromatic carbocycles. The molecule has 0 atom stereocenters. The Morgan fingerprint density at radius 1 is 0.824 bits per heavy atom. The van der Waals surface area contributed by atoms with Gasteiger partial charge in [-0.2, -0.15) is 0 Å². The highest BCUT2D eigenvalue weighted by molar-refractivity contribution is 6.34. The minimum absolute atomic E-state index is 1.24. The van der Waals surface area contributed by atoms with Gasteiger partial charge in [-0.1, -0.05) is 71.2 Å². The number of hydrogen-bond donors (Lipinski definition) is 0. The second kappa shape index (κ2) is 5.05. The molecule has 0 bridgehead atoms. The van der Waals surface area contributed by atoms with Crippen molar-refractivity contribution in [2.45, 2.75) is 13.8 Å². The SMILES string of the molecule is Bc1c(C)cc(C=Cc2ccccc2)cc1C. The van der Waals surface area contributed by atoms with Gasteiger partial charge in [0, 0.05) is 0 Å². The van der Waals surface area contributed by atoms with Gasteiger partial charge < -0.3 is 0 Å². The molecule has 0 aliphatic rings. The molecule has 0 N–H and O–H groups in total. The molecule has 2 aromatic rings. The first-order chi connectivity index (χ1) is 8.16. The molecule has 1 heteroatoms. The molecular formula is C16H17B. The summed E-state index contributed by atoms with van der Waals surface area (Å²) in [6.07, 6.45) is 4.33. The van der Waals surface area contributed by atoms with Crippen molar-refractivity contribution in [2.24, 2.45) is 0 Å². The summed E-state index contributed by atoms with van der Waals surface area (Å²) < 4.78 is 0. The number of hydrogen-bond acceptors (Lipinski definition) is 0. The average molecular weight is 220 g/mol. The topological polar surface area (TPSA) is 0 Å². The summed E-state index contributed by atoms with van der Waals surface area (Å²) in [5.74, 6) is 0. The first-order valence-corrected chi connectivity index (χ1v) is 5.98. The highest BCUT2D eigenvalue weighted by Gasteiger charge is 1.98. The minimum atomic E-state index is 1.24. The zero-order valence-corrected chi connectivity index (χ0v) is 10.7. The van der Waals surface area contributed by atoms with Gasteiger partial charge in [-0.25, -0.2) is 0 Å². The van der Waals surface area contributed by atoms with E-state index in [2.05, 4.69) is 70.2 Å². The fraction of sp³-hybridized carbons (Fsp3) is 0.125. The molecule has 0 saturated heterocycles. The summed E-state index contributed by atoms with van der Waals surface area (Å²) in [4.78, 5) is 0. The molecule has 0 saturated carbocycles. The van der Waals surface area contributed by atoms with Crippen molar-refractivity contribution in [3.8, 4) is 0 Å². The van der Waals surface area contributed by atoms with Gasteiger partial charge in [0.15, 0.2) is 0 Å². The Morgan fingerprint density at radius 2 is 1.35 bits per heavy atom. The third-order valence-corrected chi connectivity index (χ3v) is 3.22. The van der Waals surface area contributed by atoms with Gasteiger partial charge in [0.25, 0.3) is 0 Å². The van der Waals surface area contributed by atoms with Crippen molar-refractivity contribution >= 4 is 25.5 Å². The standard InChI is InChI=1S/C16H17B/c1-12-10-15(11-13(2)16(12)17)9-8-14-6-4-3-5-7-14/h3-11H,17H2,1-2H3. The van der Waals surface area contributed by atoms with Crippen LogP contribution in [0.1, 0.15) is 22.3 Å². The maximum atomic E-state index is 2.24. The summed E-state index contributed by atoms with van der Waals surface area (Å²) in [6.45, 7) is 4.34. The third-order valence-electron chi connectivity index (χ3n) is 3.22. The smallest absolute Gasteiger partial charge is 0.0832 e. The first-order valence-electron chi connectivity index (χ1n) is 5.98. The van der Waals surface area contributed by atoms with Gasteiger partial charge in [-0.3, -0.25) is 0 Å².